The first-order valence-electron chi connectivity index (χ1n) is 9.44. The Bertz CT molecular complexity index is 870. The van der Waals surface area contributed by atoms with Gasteiger partial charge in [-0.25, -0.2) is 0 Å². The Morgan fingerprint density at radius 1 is 0.667 bits per heavy atom. The topological polar surface area (TPSA) is 52.6 Å². The molecule has 0 aliphatic heterocycles. The Labute approximate surface area is 196 Å². The van der Waals surface area contributed by atoms with E-state index in [-0.39, 0.29) is 35.8 Å². The van der Waals surface area contributed by atoms with E-state index < -0.39 is 21.6 Å². The van der Waals surface area contributed by atoms with Crippen molar-refractivity contribution in [1.29, 1.82) is 0 Å². The Kier molecular flexibility index (Phi) is 8.83. The van der Waals surface area contributed by atoms with Crippen molar-refractivity contribution in [1.82, 2.24) is 0 Å². The molecule has 2 unspecified atom stereocenters. The summed E-state index contributed by atoms with van der Waals surface area (Å²) >= 11 is -0.0529. The van der Waals surface area contributed by atoms with Gasteiger partial charge in [-0.3, -0.25) is 0 Å². The number of methoxy groups -OCH3 is 2. The molecule has 8 heteroatoms. The van der Waals surface area contributed by atoms with Gasteiger partial charge in [-0.2, -0.15) is 0 Å². The van der Waals surface area contributed by atoms with Crippen molar-refractivity contribution in [2.75, 3.05) is 14.2 Å². The van der Waals surface area contributed by atoms with Crippen LogP contribution in [0.2, 0.25) is 0 Å². The first kappa shape index (κ1) is 25.6. The third kappa shape index (κ3) is 5.99. The van der Waals surface area contributed by atoms with Gasteiger partial charge in [0.25, 0.3) is 0 Å². The van der Waals surface area contributed by atoms with Gasteiger partial charge in [0, 0.05) is 0 Å². The molecule has 4 nitrogen and oxygen atoms in total. The van der Waals surface area contributed by atoms with Crippen LogP contribution in [0.5, 0.6) is 11.5 Å². The van der Waals surface area contributed by atoms with Gasteiger partial charge in [-0.05, 0) is 0 Å². The maximum absolute atomic E-state index is 13.2. The van der Waals surface area contributed by atoms with Gasteiger partial charge < -0.3 is 0 Å². The van der Waals surface area contributed by atoms with Crippen LogP contribution in [-0.4, -0.2) is 58.4 Å². The molecule has 0 aromatic heterocycles. The van der Waals surface area contributed by atoms with Gasteiger partial charge in [-0.15, -0.1) is 0 Å². The molecule has 2 aromatic carbocycles. The van der Waals surface area contributed by atoms with Crippen LogP contribution in [0, 0.1) is 0 Å². The van der Waals surface area contributed by atoms with E-state index in [0.717, 1.165) is 30.2 Å². The van der Waals surface area contributed by atoms with Crippen molar-refractivity contribution in [2.24, 2.45) is 0 Å². The van der Waals surface area contributed by atoms with Crippen molar-refractivity contribution in [2.45, 2.75) is 60.8 Å². The molecule has 2 aromatic rings. The van der Waals surface area contributed by atoms with Crippen LogP contribution >= 0.6 is 0 Å². The van der Waals surface area contributed by atoms with Crippen molar-refractivity contribution < 1.29 is 17.9 Å². The minimum atomic E-state index is -1.16. The van der Waals surface area contributed by atoms with Crippen LogP contribution in [0.1, 0.15) is 41.5 Å². The molecule has 0 radical (unpaired) electrons. The molecule has 0 heterocycles. The van der Waals surface area contributed by atoms with E-state index in [1.165, 1.54) is 0 Å². The van der Waals surface area contributed by atoms with Crippen LogP contribution in [-0.2, 0) is 21.6 Å². The summed E-state index contributed by atoms with van der Waals surface area (Å²) < 4.78 is 38.9. The SMILES string of the molecule is COc1cccc(S(=O)C(C)(C)C)c1[Se][Se]c1c(OC)cccc1S(=O)C(C)(C)C. The molecule has 0 amide bonds. The van der Waals surface area contributed by atoms with Crippen LogP contribution in [0.3, 0.4) is 0 Å². The molecule has 166 valence electrons. The first-order chi connectivity index (χ1) is 13.9. The number of hydrogen-bond donors (Lipinski definition) is 0. The molecule has 0 bridgehead atoms. The summed E-state index contributed by atoms with van der Waals surface area (Å²) in [4.78, 5) is 1.66. The minimum absolute atomic E-state index is 0.0265. The zero-order valence-corrected chi connectivity index (χ0v) is 23.8. The van der Waals surface area contributed by atoms with Crippen LogP contribution < -0.4 is 18.4 Å². The molecular formula is C22H30O4S2Se2. The predicted octanol–water partition coefficient (Wildman–Crippen LogP) is 2.79. The Hall–Kier alpha value is -0.621. The van der Waals surface area contributed by atoms with Crippen LogP contribution in [0.15, 0.2) is 46.2 Å². The van der Waals surface area contributed by atoms with E-state index in [9.17, 15) is 8.42 Å². The van der Waals surface area contributed by atoms with Crippen molar-refractivity contribution in [3.05, 3.63) is 36.4 Å². The van der Waals surface area contributed by atoms with Crippen molar-refractivity contribution >= 4 is 56.8 Å². The molecule has 0 N–H and O–H groups in total. The van der Waals surface area contributed by atoms with Crippen molar-refractivity contribution in [3.63, 3.8) is 0 Å². The predicted molar refractivity (Wildman–Crippen MR) is 129 cm³/mol. The Morgan fingerprint density at radius 2 is 1.00 bits per heavy atom. The third-order valence-electron chi connectivity index (χ3n) is 4.05. The zero-order chi connectivity index (χ0) is 22.7. The van der Waals surface area contributed by atoms with E-state index in [1.54, 1.807) is 14.2 Å². The van der Waals surface area contributed by atoms with Gasteiger partial charge in [0.1, 0.15) is 0 Å². The summed E-state index contributed by atoms with van der Waals surface area (Å²) in [5, 5.41) is 0. The monoisotopic (exact) mass is 582 g/mol. The average molecular weight is 581 g/mol. The summed E-state index contributed by atoms with van der Waals surface area (Å²) in [6.45, 7) is 11.9. The third-order valence-corrected chi connectivity index (χ3v) is 15.5. The number of hydrogen-bond acceptors (Lipinski definition) is 4. The van der Waals surface area contributed by atoms with Gasteiger partial charge >= 0.3 is 198 Å². The second kappa shape index (κ2) is 10.3. The molecular weight excluding hydrogens is 550 g/mol. The molecule has 0 saturated carbocycles. The molecule has 0 spiro atoms. The maximum atomic E-state index is 13.2. The first-order valence-corrected chi connectivity index (χ1v) is 17.8. The van der Waals surface area contributed by atoms with Gasteiger partial charge in [-0.1, -0.05) is 0 Å². The van der Waals surface area contributed by atoms with E-state index >= 15 is 0 Å². The molecule has 30 heavy (non-hydrogen) atoms. The quantitative estimate of drug-likeness (QED) is 0.473. The summed E-state index contributed by atoms with van der Waals surface area (Å²) in [5.74, 6) is 1.53. The fourth-order valence-electron chi connectivity index (χ4n) is 2.51. The normalized spacial score (nSPS) is 14.3. The van der Waals surface area contributed by atoms with E-state index in [2.05, 4.69) is 0 Å². The van der Waals surface area contributed by atoms with Crippen molar-refractivity contribution in [3.8, 4) is 11.5 Å². The number of rotatable bonds is 7. The summed E-state index contributed by atoms with van der Waals surface area (Å²) in [5.41, 5.74) is 0. The van der Waals surface area contributed by atoms with E-state index in [0.29, 0.717) is 0 Å². The summed E-state index contributed by atoms with van der Waals surface area (Å²) in [6, 6.07) is 11.5. The molecule has 2 rings (SSSR count). The van der Waals surface area contributed by atoms with Crippen LogP contribution in [0.4, 0.5) is 0 Å². The molecule has 0 saturated heterocycles. The second-order valence-corrected chi connectivity index (χ2v) is 19.0. The van der Waals surface area contributed by atoms with Crippen LogP contribution in [0.25, 0.3) is 0 Å². The van der Waals surface area contributed by atoms with E-state index in [4.69, 9.17) is 9.47 Å². The van der Waals surface area contributed by atoms with Gasteiger partial charge in [0.05, 0.1) is 0 Å². The zero-order valence-electron chi connectivity index (χ0n) is 18.7. The Balaban J connectivity index is 2.52. The molecule has 0 fully saturated rings. The van der Waals surface area contributed by atoms with Gasteiger partial charge in [0.15, 0.2) is 0 Å². The second-order valence-electron chi connectivity index (χ2n) is 8.50. The van der Waals surface area contributed by atoms with E-state index in [1.807, 2.05) is 77.9 Å². The fraction of sp³-hybridized carbons (Fsp3) is 0.455. The molecule has 0 aliphatic carbocycles. The number of benzene rings is 2. The summed E-state index contributed by atoms with van der Waals surface area (Å²) in [7, 11) is 0.969. The Morgan fingerprint density at radius 3 is 1.27 bits per heavy atom. The van der Waals surface area contributed by atoms with Gasteiger partial charge in [0.2, 0.25) is 0 Å². The standard InChI is InChI=1S/C22H30O4S2Se2/c1-21(2,3)27(23)17-13-9-11-15(25-7)19(17)29-30-20-16(26-8)12-10-14-18(20)28(24)22(4,5)6/h9-14H,1-8H3. The average Bonchev–Trinajstić information content (AvgIpc) is 2.69. The molecule has 0 aliphatic rings. The molecule has 2 atom stereocenters. The fourth-order valence-corrected chi connectivity index (χ4v) is 14.9. The number of ether oxygens (including phenoxy) is 2. The summed E-state index contributed by atoms with van der Waals surface area (Å²) in [6.07, 6.45) is 0.